The zero-order valence-corrected chi connectivity index (χ0v) is 9.27. The molecule has 0 fully saturated rings. The van der Waals surface area contributed by atoms with E-state index in [0.29, 0.717) is 0 Å². The van der Waals surface area contributed by atoms with Gasteiger partial charge in [0.05, 0.1) is 0 Å². The lowest BCUT2D eigenvalue weighted by molar-refractivity contribution is -0.112. The molecule has 0 saturated heterocycles. The molecule has 0 aliphatic rings. The molecule has 0 aromatic carbocycles. The third-order valence-corrected chi connectivity index (χ3v) is 1.47. The Labute approximate surface area is 87.3 Å². The van der Waals surface area contributed by atoms with Gasteiger partial charge >= 0.3 is 0 Å². The first-order chi connectivity index (χ1) is 5.77. The van der Waals surface area contributed by atoms with Crippen LogP contribution in [0.5, 0.6) is 0 Å². The maximum Gasteiger partial charge on any atom is 0.152 e. The third-order valence-electron chi connectivity index (χ3n) is 1.47. The highest BCUT2D eigenvalue weighted by Crippen LogP contribution is 1.96. The Hall–Kier alpha value is -0.560. The minimum atomic E-state index is 0. The van der Waals surface area contributed by atoms with Crippen molar-refractivity contribution in [2.24, 2.45) is 0 Å². The second kappa shape index (κ2) is 11.4. The summed E-state index contributed by atoms with van der Waals surface area (Å²) in [5.74, 6) is 0.132. The van der Waals surface area contributed by atoms with Gasteiger partial charge in [0.25, 0.3) is 0 Å². The van der Waals surface area contributed by atoms with Crippen LogP contribution in [0.4, 0.5) is 0 Å². The van der Waals surface area contributed by atoms with Crippen LogP contribution in [0.2, 0.25) is 0 Å². The number of halogens is 1. The van der Waals surface area contributed by atoms with Gasteiger partial charge in [0.2, 0.25) is 0 Å². The minimum absolute atomic E-state index is 0. The van der Waals surface area contributed by atoms with Crippen molar-refractivity contribution in [3.8, 4) is 0 Å². The molecular weight excluding hydrogens is 184 g/mol. The molecule has 76 valence electrons. The Morgan fingerprint density at radius 3 is 2.15 bits per heavy atom. The van der Waals surface area contributed by atoms with E-state index in [0.717, 1.165) is 19.3 Å². The van der Waals surface area contributed by atoms with Crippen LogP contribution in [-0.2, 0) is 4.79 Å². The van der Waals surface area contributed by atoms with E-state index in [1.165, 1.54) is 6.42 Å². The van der Waals surface area contributed by atoms with Crippen molar-refractivity contribution >= 4 is 18.2 Å². The molecule has 0 atom stereocenters. The van der Waals surface area contributed by atoms with Crippen molar-refractivity contribution in [2.75, 3.05) is 0 Å². The summed E-state index contributed by atoms with van der Waals surface area (Å²) in [5.41, 5.74) is 0. The summed E-state index contributed by atoms with van der Waals surface area (Å²) in [6.07, 6.45) is 12.3. The summed E-state index contributed by atoms with van der Waals surface area (Å²) in [5, 5.41) is 0. The Bertz CT molecular complexity index is 171. The van der Waals surface area contributed by atoms with Gasteiger partial charge in [0.15, 0.2) is 5.78 Å². The summed E-state index contributed by atoms with van der Waals surface area (Å²) in [7, 11) is 0. The van der Waals surface area contributed by atoms with Crippen LogP contribution in [0.1, 0.15) is 39.5 Å². The average Bonchev–Trinajstić information content (AvgIpc) is 2.02. The molecule has 0 radical (unpaired) electrons. The monoisotopic (exact) mass is 202 g/mol. The van der Waals surface area contributed by atoms with E-state index in [4.69, 9.17) is 0 Å². The largest absolute Gasteiger partial charge is 0.295 e. The fourth-order valence-corrected chi connectivity index (χ4v) is 0.844. The zero-order chi connectivity index (χ0) is 9.23. The van der Waals surface area contributed by atoms with Gasteiger partial charge in [-0.2, -0.15) is 0 Å². The van der Waals surface area contributed by atoms with Crippen LogP contribution < -0.4 is 0 Å². The van der Waals surface area contributed by atoms with Crippen LogP contribution in [-0.4, -0.2) is 5.78 Å². The maximum absolute atomic E-state index is 10.5. The zero-order valence-electron chi connectivity index (χ0n) is 8.45. The smallest absolute Gasteiger partial charge is 0.152 e. The van der Waals surface area contributed by atoms with Crippen molar-refractivity contribution in [3.05, 3.63) is 24.3 Å². The highest BCUT2D eigenvalue weighted by atomic mass is 35.5. The molecule has 0 saturated carbocycles. The Balaban J connectivity index is 0. The molecule has 0 amide bonds. The van der Waals surface area contributed by atoms with Gasteiger partial charge in [0, 0.05) is 0 Å². The normalized spacial score (nSPS) is 10.6. The Kier molecular flexibility index (Phi) is 13.1. The number of unbranched alkanes of at least 4 members (excludes halogenated alkanes) is 2. The van der Waals surface area contributed by atoms with Crippen molar-refractivity contribution in [1.82, 2.24) is 0 Å². The summed E-state index contributed by atoms with van der Waals surface area (Å²) in [4.78, 5) is 10.5. The molecule has 0 spiro atoms. The van der Waals surface area contributed by atoms with E-state index in [1.807, 2.05) is 6.08 Å². The average molecular weight is 203 g/mol. The van der Waals surface area contributed by atoms with E-state index in [9.17, 15) is 4.79 Å². The van der Waals surface area contributed by atoms with Crippen molar-refractivity contribution in [1.29, 1.82) is 0 Å². The number of ketones is 1. The highest BCUT2D eigenvalue weighted by molar-refractivity contribution is 5.87. The molecule has 1 nitrogen and oxygen atoms in total. The van der Waals surface area contributed by atoms with Gasteiger partial charge in [0.1, 0.15) is 0 Å². The molecule has 0 aliphatic carbocycles. The molecule has 0 aromatic heterocycles. The fourth-order valence-electron chi connectivity index (χ4n) is 0.844. The minimum Gasteiger partial charge on any atom is -0.295 e. The molecule has 0 N–H and O–H groups in total. The first-order valence-corrected chi connectivity index (χ1v) is 4.59. The van der Waals surface area contributed by atoms with E-state index < -0.39 is 0 Å². The molecule has 0 heterocycles. The van der Waals surface area contributed by atoms with E-state index in [-0.39, 0.29) is 18.2 Å². The predicted octanol–water partition coefficient (Wildman–Crippen LogP) is 3.69. The van der Waals surface area contributed by atoms with Crippen LogP contribution >= 0.6 is 12.4 Å². The van der Waals surface area contributed by atoms with Crippen molar-refractivity contribution in [2.45, 2.75) is 39.5 Å². The van der Waals surface area contributed by atoms with Gasteiger partial charge in [-0.15, -0.1) is 12.4 Å². The molecule has 2 heteroatoms. The lowest BCUT2D eigenvalue weighted by Crippen LogP contribution is -1.78. The predicted molar refractivity (Wildman–Crippen MR) is 60.4 cm³/mol. The van der Waals surface area contributed by atoms with Gasteiger partial charge in [-0.05, 0) is 32.3 Å². The second-order valence-electron chi connectivity index (χ2n) is 2.85. The van der Waals surface area contributed by atoms with Crippen LogP contribution in [0.25, 0.3) is 0 Å². The van der Waals surface area contributed by atoms with Crippen LogP contribution in [0.3, 0.4) is 0 Å². The van der Waals surface area contributed by atoms with Gasteiger partial charge in [-0.1, -0.05) is 31.6 Å². The maximum atomic E-state index is 10.5. The first kappa shape index (κ1) is 14.9. The second-order valence-corrected chi connectivity index (χ2v) is 2.85. The number of carbonyl (C=O) groups is 1. The van der Waals surface area contributed by atoms with Crippen LogP contribution in [0, 0.1) is 0 Å². The molecule has 0 rings (SSSR count). The number of rotatable bonds is 6. The lowest BCUT2D eigenvalue weighted by atomic mass is 10.2. The summed E-state index contributed by atoms with van der Waals surface area (Å²) in [6, 6.07) is 0. The fraction of sp³-hybridized carbons (Fsp3) is 0.545. The highest BCUT2D eigenvalue weighted by Gasteiger charge is 1.80. The van der Waals surface area contributed by atoms with E-state index in [2.05, 4.69) is 19.1 Å². The summed E-state index contributed by atoms with van der Waals surface area (Å²) in [6.45, 7) is 3.74. The van der Waals surface area contributed by atoms with Crippen molar-refractivity contribution in [3.63, 3.8) is 0 Å². The number of allylic oxidation sites excluding steroid dienone is 4. The molecule has 0 aromatic rings. The van der Waals surface area contributed by atoms with Crippen molar-refractivity contribution < 1.29 is 4.79 Å². The van der Waals surface area contributed by atoms with Gasteiger partial charge in [-0.25, -0.2) is 0 Å². The van der Waals surface area contributed by atoms with Gasteiger partial charge in [-0.3, -0.25) is 4.79 Å². The quantitative estimate of drug-likeness (QED) is 0.365. The SMILES string of the molecule is CCCC=CCCC=CC(C)=O.Cl. The number of hydrogen-bond acceptors (Lipinski definition) is 1. The molecule has 13 heavy (non-hydrogen) atoms. The molecule has 0 unspecified atom stereocenters. The number of carbonyl (C=O) groups excluding carboxylic acids is 1. The van der Waals surface area contributed by atoms with E-state index >= 15 is 0 Å². The summed E-state index contributed by atoms with van der Waals surface area (Å²) < 4.78 is 0. The molecular formula is C11H19ClO. The number of hydrogen-bond donors (Lipinski definition) is 0. The van der Waals surface area contributed by atoms with E-state index in [1.54, 1.807) is 13.0 Å². The molecule has 0 bridgehead atoms. The van der Waals surface area contributed by atoms with Crippen LogP contribution in [0.15, 0.2) is 24.3 Å². The first-order valence-electron chi connectivity index (χ1n) is 4.59. The third kappa shape index (κ3) is 14.3. The standard InChI is InChI=1S/C11H18O.ClH/c1-3-4-5-6-7-8-9-10-11(2)12;/h5-6,9-10H,3-4,7-8H2,1-2H3;1H. The van der Waals surface area contributed by atoms with Gasteiger partial charge < -0.3 is 0 Å². The lowest BCUT2D eigenvalue weighted by Gasteiger charge is -1.86. The Morgan fingerprint density at radius 2 is 1.62 bits per heavy atom. The Morgan fingerprint density at radius 1 is 1.08 bits per heavy atom. The summed E-state index contributed by atoms with van der Waals surface area (Å²) >= 11 is 0. The molecule has 0 aliphatic heterocycles. The topological polar surface area (TPSA) is 17.1 Å².